The number of carbonyl (C=O) groups is 2. The van der Waals surface area contributed by atoms with E-state index in [2.05, 4.69) is 9.47 Å². The standard InChI is InChI=1S/C12H14O5/c1-7-5-9(11(13)15-3)10(12(14)16-4)6-8(2)17-7/h5-6H,1-4H3. The fourth-order valence-corrected chi connectivity index (χ4v) is 1.43. The monoisotopic (exact) mass is 238 g/mol. The number of esters is 2. The van der Waals surface area contributed by atoms with Crippen LogP contribution in [0.25, 0.3) is 0 Å². The molecule has 5 nitrogen and oxygen atoms in total. The fraction of sp³-hybridized carbons (Fsp3) is 0.333. The highest BCUT2D eigenvalue weighted by Crippen LogP contribution is 2.21. The third kappa shape index (κ3) is 2.96. The van der Waals surface area contributed by atoms with E-state index in [1.165, 1.54) is 26.4 Å². The zero-order valence-corrected chi connectivity index (χ0v) is 10.2. The predicted molar refractivity (Wildman–Crippen MR) is 59.7 cm³/mol. The van der Waals surface area contributed by atoms with Gasteiger partial charge < -0.3 is 14.2 Å². The minimum absolute atomic E-state index is 0.119. The Labute approximate surface area is 99.3 Å². The highest BCUT2D eigenvalue weighted by molar-refractivity contribution is 6.04. The molecule has 0 saturated heterocycles. The summed E-state index contributed by atoms with van der Waals surface area (Å²) in [5.74, 6) is -0.227. The lowest BCUT2D eigenvalue weighted by molar-refractivity contribution is -0.138. The van der Waals surface area contributed by atoms with Crippen molar-refractivity contribution in [1.82, 2.24) is 0 Å². The van der Waals surface area contributed by atoms with E-state index in [0.29, 0.717) is 11.5 Å². The molecule has 0 unspecified atom stereocenters. The average molecular weight is 238 g/mol. The number of allylic oxidation sites excluding steroid dienone is 2. The Morgan fingerprint density at radius 3 is 1.59 bits per heavy atom. The van der Waals surface area contributed by atoms with Crippen LogP contribution in [0, 0.1) is 0 Å². The van der Waals surface area contributed by atoms with E-state index in [1.807, 2.05) is 0 Å². The van der Waals surface area contributed by atoms with E-state index in [4.69, 9.17) is 4.74 Å². The second-order valence-corrected chi connectivity index (χ2v) is 3.42. The van der Waals surface area contributed by atoms with Crippen molar-refractivity contribution in [3.05, 3.63) is 34.8 Å². The SMILES string of the molecule is COC(=O)C1=C(C(=O)OC)C=C(C)OC(C)=C1. The molecule has 1 rings (SSSR count). The molecule has 92 valence electrons. The van der Waals surface area contributed by atoms with Crippen molar-refractivity contribution in [2.75, 3.05) is 14.2 Å². The molecule has 0 aliphatic carbocycles. The number of hydrogen-bond donors (Lipinski definition) is 0. The van der Waals surface area contributed by atoms with Crippen molar-refractivity contribution in [1.29, 1.82) is 0 Å². The summed E-state index contributed by atoms with van der Waals surface area (Å²) in [5.41, 5.74) is 0.238. The smallest absolute Gasteiger partial charge is 0.338 e. The molecule has 5 heteroatoms. The van der Waals surface area contributed by atoms with Gasteiger partial charge in [-0.25, -0.2) is 9.59 Å². The molecule has 1 heterocycles. The van der Waals surface area contributed by atoms with E-state index in [1.54, 1.807) is 13.8 Å². The van der Waals surface area contributed by atoms with Gasteiger partial charge in [0, 0.05) is 0 Å². The molecule has 0 aromatic heterocycles. The molecule has 0 aromatic rings. The molecule has 0 N–H and O–H groups in total. The molecule has 0 amide bonds. The maximum Gasteiger partial charge on any atom is 0.338 e. The van der Waals surface area contributed by atoms with Crippen molar-refractivity contribution in [2.45, 2.75) is 13.8 Å². The summed E-state index contributed by atoms with van der Waals surface area (Å²) in [5, 5.41) is 0. The van der Waals surface area contributed by atoms with Gasteiger partial charge in [0.25, 0.3) is 0 Å². The largest absolute Gasteiger partial charge is 0.467 e. The van der Waals surface area contributed by atoms with Gasteiger partial charge in [0.05, 0.1) is 25.4 Å². The number of rotatable bonds is 2. The number of methoxy groups -OCH3 is 2. The van der Waals surface area contributed by atoms with Gasteiger partial charge in [-0.15, -0.1) is 0 Å². The van der Waals surface area contributed by atoms with E-state index in [-0.39, 0.29) is 11.1 Å². The zero-order chi connectivity index (χ0) is 13.0. The molecule has 0 saturated carbocycles. The van der Waals surface area contributed by atoms with Crippen molar-refractivity contribution < 1.29 is 23.8 Å². The maximum absolute atomic E-state index is 11.6. The van der Waals surface area contributed by atoms with E-state index in [9.17, 15) is 9.59 Å². The summed E-state index contributed by atoms with van der Waals surface area (Å²) >= 11 is 0. The Morgan fingerprint density at radius 2 is 1.29 bits per heavy atom. The molecule has 1 aliphatic rings. The molecular weight excluding hydrogens is 224 g/mol. The third-order valence-electron chi connectivity index (χ3n) is 2.12. The van der Waals surface area contributed by atoms with Crippen molar-refractivity contribution in [2.24, 2.45) is 0 Å². The van der Waals surface area contributed by atoms with Gasteiger partial charge in [-0.2, -0.15) is 0 Å². The quantitative estimate of drug-likeness (QED) is 0.682. The molecule has 0 spiro atoms. The number of carbonyl (C=O) groups excluding carboxylic acids is 2. The predicted octanol–water partition coefficient (Wildman–Crippen LogP) is 1.47. The first-order valence-corrected chi connectivity index (χ1v) is 4.95. The Balaban J connectivity index is 3.39. The van der Waals surface area contributed by atoms with Crippen LogP contribution in [0.1, 0.15) is 13.8 Å². The molecule has 0 atom stereocenters. The van der Waals surface area contributed by atoms with Crippen LogP contribution in [0.4, 0.5) is 0 Å². The van der Waals surface area contributed by atoms with Crippen LogP contribution in [-0.4, -0.2) is 26.2 Å². The van der Waals surface area contributed by atoms with Gasteiger partial charge >= 0.3 is 11.9 Å². The van der Waals surface area contributed by atoms with Crippen LogP contribution in [0.15, 0.2) is 34.8 Å². The van der Waals surface area contributed by atoms with Crippen molar-refractivity contribution in [3.63, 3.8) is 0 Å². The highest BCUT2D eigenvalue weighted by Gasteiger charge is 2.22. The minimum Gasteiger partial charge on any atom is -0.467 e. The van der Waals surface area contributed by atoms with Crippen molar-refractivity contribution >= 4 is 11.9 Å². The molecule has 0 fully saturated rings. The molecule has 1 aliphatic heterocycles. The van der Waals surface area contributed by atoms with Gasteiger partial charge in [0.1, 0.15) is 11.5 Å². The summed E-state index contributed by atoms with van der Waals surface area (Å²) in [6, 6.07) is 0. The lowest BCUT2D eigenvalue weighted by Gasteiger charge is -2.04. The van der Waals surface area contributed by atoms with Gasteiger partial charge in [-0.3, -0.25) is 0 Å². The van der Waals surface area contributed by atoms with Crippen LogP contribution in [0.2, 0.25) is 0 Å². The summed E-state index contributed by atoms with van der Waals surface area (Å²) < 4.78 is 14.6. The Kier molecular flexibility index (Phi) is 4.09. The summed E-state index contributed by atoms with van der Waals surface area (Å²) in [4.78, 5) is 23.2. The first kappa shape index (κ1) is 13.0. The highest BCUT2D eigenvalue weighted by atomic mass is 16.5. The van der Waals surface area contributed by atoms with Gasteiger partial charge in [-0.05, 0) is 26.0 Å². The third-order valence-corrected chi connectivity index (χ3v) is 2.12. The van der Waals surface area contributed by atoms with Gasteiger partial charge in [-0.1, -0.05) is 0 Å². The molecule has 17 heavy (non-hydrogen) atoms. The number of hydrogen-bond acceptors (Lipinski definition) is 5. The van der Waals surface area contributed by atoms with Crippen LogP contribution >= 0.6 is 0 Å². The summed E-state index contributed by atoms with van der Waals surface area (Å²) in [6.07, 6.45) is 2.90. The summed E-state index contributed by atoms with van der Waals surface area (Å²) in [7, 11) is 2.49. The first-order chi connectivity index (χ1) is 7.99. The normalized spacial score (nSPS) is 15.3. The van der Waals surface area contributed by atoms with Crippen LogP contribution in [0.5, 0.6) is 0 Å². The van der Waals surface area contributed by atoms with E-state index < -0.39 is 11.9 Å². The van der Waals surface area contributed by atoms with E-state index in [0.717, 1.165) is 0 Å². The summed E-state index contributed by atoms with van der Waals surface area (Å²) in [6.45, 7) is 3.36. The first-order valence-electron chi connectivity index (χ1n) is 4.95. The Hall–Kier alpha value is -2.04. The van der Waals surface area contributed by atoms with Gasteiger partial charge in [0.2, 0.25) is 0 Å². The van der Waals surface area contributed by atoms with E-state index >= 15 is 0 Å². The second kappa shape index (κ2) is 5.34. The minimum atomic E-state index is -0.612. The Morgan fingerprint density at radius 1 is 0.941 bits per heavy atom. The van der Waals surface area contributed by atoms with Crippen molar-refractivity contribution in [3.8, 4) is 0 Å². The Bertz CT molecular complexity index is 400. The molecular formula is C12H14O5. The molecule has 0 bridgehead atoms. The maximum atomic E-state index is 11.6. The average Bonchev–Trinajstić information content (AvgIpc) is 2.45. The van der Waals surface area contributed by atoms with Gasteiger partial charge in [0.15, 0.2) is 0 Å². The lowest BCUT2D eigenvalue weighted by atomic mass is 10.1. The lowest BCUT2D eigenvalue weighted by Crippen LogP contribution is -2.12. The zero-order valence-electron chi connectivity index (χ0n) is 10.2. The topological polar surface area (TPSA) is 61.8 Å². The van der Waals surface area contributed by atoms with Crippen LogP contribution in [-0.2, 0) is 23.8 Å². The molecule has 0 aromatic carbocycles. The number of ether oxygens (including phenoxy) is 3. The second-order valence-electron chi connectivity index (χ2n) is 3.42. The molecule has 0 radical (unpaired) electrons. The fourth-order valence-electron chi connectivity index (χ4n) is 1.43. The van der Waals surface area contributed by atoms with Crippen LogP contribution in [0.3, 0.4) is 0 Å². The van der Waals surface area contributed by atoms with Crippen LogP contribution < -0.4 is 0 Å².